The van der Waals surface area contributed by atoms with Crippen molar-refractivity contribution < 1.29 is 14.4 Å². The summed E-state index contributed by atoms with van der Waals surface area (Å²) < 4.78 is 0. The molecule has 27 heavy (non-hydrogen) atoms. The minimum absolute atomic E-state index is 0. The molecule has 3 N–H and O–H groups in total. The van der Waals surface area contributed by atoms with Gasteiger partial charge in [-0.05, 0) is 19.3 Å². The smallest absolute Gasteiger partial charge is 0.242 e. The summed E-state index contributed by atoms with van der Waals surface area (Å²) in [5.74, 6) is 6.62. The van der Waals surface area contributed by atoms with E-state index in [-0.39, 0.29) is 37.6 Å². The molecule has 0 spiro atoms. The maximum atomic E-state index is 12.2. The second kappa shape index (κ2) is 18.2. The Morgan fingerprint density at radius 1 is 0.778 bits per heavy atom. The molecule has 0 aliphatic carbocycles. The molecule has 0 aliphatic heterocycles. The summed E-state index contributed by atoms with van der Waals surface area (Å²) in [6, 6.07) is -0.643. The highest BCUT2D eigenvalue weighted by Crippen LogP contribution is 2.03. The van der Waals surface area contributed by atoms with Crippen LogP contribution in [0.3, 0.4) is 0 Å². The molecular weight excluding hydrogens is 362 g/mol. The molecule has 6 nitrogen and oxygen atoms in total. The third kappa shape index (κ3) is 15.4. The highest BCUT2D eigenvalue weighted by molar-refractivity contribution is 7.59. The number of hydrogen-bond acceptors (Lipinski definition) is 3. The third-order valence-corrected chi connectivity index (χ3v) is 3.45. The fourth-order valence-electron chi connectivity index (χ4n) is 2.08. The third-order valence-electron chi connectivity index (χ3n) is 3.45. The topological polar surface area (TPSA) is 87.3 Å². The molecule has 148 valence electrons. The normalized spacial score (nSPS) is 10.1. The molecule has 3 amide bonds. The zero-order valence-corrected chi connectivity index (χ0v) is 16.6. The molecule has 1 atom stereocenters. The molecule has 0 heterocycles. The first-order valence-corrected chi connectivity index (χ1v) is 8.69. The standard InChI is InChI=1S/C20H27N3O3.H2S/c1-4-7-13-18(24)21-16-11-10-12-17(20(26)22-15-9-6-3)23-19(25)14-8-5-2;/h1-3,17H,7-16H2,(H,21,24)(H,22,26)(H,23,25);1H2/t17-;/m0./s1. The number of carbonyl (C=O) groups is 3. The SMILES string of the molecule is C#CCCNC(=O)[C@H](CCCCNC(=O)CCC#C)NC(=O)CCC#C.S. The van der Waals surface area contributed by atoms with E-state index in [2.05, 4.69) is 33.7 Å². The van der Waals surface area contributed by atoms with E-state index < -0.39 is 6.04 Å². The van der Waals surface area contributed by atoms with Gasteiger partial charge in [-0.2, -0.15) is 13.5 Å². The Bertz CT molecular complexity index is 585. The first-order valence-electron chi connectivity index (χ1n) is 8.69. The zero-order chi connectivity index (χ0) is 19.6. The van der Waals surface area contributed by atoms with Gasteiger partial charge < -0.3 is 16.0 Å². The molecule has 0 radical (unpaired) electrons. The lowest BCUT2D eigenvalue weighted by Gasteiger charge is -2.18. The predicted octanol–water partition coefficient (Wildman–Crippen LogP) is 0.837. The summed E-state index contributed by atoms with van der Waals surface area (Å²) in [6.45, 7) is 0.858. The Kier molecular flexibility index (Phi) is 18.0. The van der Waals surface area contributed by atoms with Gasteiger partial charge in [0.25, 0.3) is 0 Å². The van der Waals surface area contributed by atoms with E-state index >= 15 is 0 Å². The quantitative estimate of drug-likeness (QED) is 0.321. The first-order chi connectivity index (χ1) is 12.5. The van der Waals surface area contributed by atoms with Gasteiger partial charge in [0.05, 0.1) is 0 Å². The maximum Gasteiger partial charge on any atom is 0.242 e. The van der Waals surface area contributed by atoms with Crippen molar-refractivity contribution in [2.75, 3.05) is 13.1 Å². The predicted molar refractivity (Wildman–Crippen MR) is 112 cm³/mol. The lowest BCUT2D eigenvalue weighted by Crippen LogP contribution is -2.47. The van der Waals surface area contributed by atoms with E-state index in [4.69, 9.17) is 19.3 Å². The molecule has 0 rings (SSSR count). The zero-order valence-electron chi connectivity index (χ0n) is 15.6. The van der Waals surface area contributed by atoms with Gasteiger partial charge in [0.1, 0.15) is 6.04 Å². The number of hydrogen-bond donors (Lipinski definition) is 3. The molecule has 0 aliphatic rings. The Hall–Kier alpha value is -2.56. The number of unbranched alkanes of at least 4 members (excludes halogenated alkanes) is 1. The molecule has 0 fully saturated rings. The molecular formula is C20H29N3O3S. The fourth-order valence-corrected chi connectivity index (χ4v) is 2.08. The van der Waals surface area contributed by atoms with Gasteiger partial charge >= 0.3 is 0 Å². The van der Waals surface area contributed by atoms with Crippen molar-refractivity contribution in [2.45, 2.75) is 57.4 Å². The minimum Gasteiger partial charge on any atom is -0.356 e. The summed E-state index contributed by atoms with van der Waals surface area (Å²) in [4.78, 5) is 35.5. The summed E-state index contributed by atoms with van der Waals surface area (Å²) in [7, 11) is 0. The number of carbonyl (C=O) groups excluding carboxylic acids is 3. The van der Waals surface area contributed by atoms with Gasteiger partial charge in [-0.3, -0.25) is 14.4 Å². The number of rotatable bonds is 13. The van der Waals surface area contributed by atoms with Crippen LogP contribution in [0.5, 0.6) is 0 Å². The monoisotopic (exact) mass is 391 g/mol. The molecule has 0 aromatic heterocycles. The van der Waals surface area contributed by atoms with Gasteiger partial charge in [0.15, 0.2) is 0 Å². The lowest BCUT2D eigenvalue weighted by molar-refractivity contribution is -0.129. The highest BCUT2D eigenvalue weighted by atomic mass is 32.1. The van der Waals surface area contributed by atoms with Crippen molar-refractivity contribution >= 4 is 31.2 Å². The number of amides is 3. The molecule has 0 saturated carbocycles. The summed E-state index contributed by atoms with van der Waals surface area (Å²) in [5.41, 5.74) is 0. The van der Waals surface area contributed by atoms with Gasteiger partial charge in [-0.1, -0.05) is 0 Å². The Labute approximate surface area is 169 Å². The highest BCUT2D eigenvalue weighted by Gasteiger charge is 2.19. The van der Waals surface area contributed by atoms with Crippen LogP contribution in [0.4, 0.5) is 0 Å². The number of terminal acetylenes is 3. The Morgan fingerprint density at radius 3 is 1.96 bits per heavy atom. The minimum atomic E-state index is -0.643. The first kappa shape index (κ1) is 26.7. The van der Waals surface area contributed by atoms with Crippen LogP contribution >= 0.6 is 13.5 Å². The van der Waals surface area contributed by atoms with Crippen LogP contribution in [-0.2, 0) is 14.4 Å². The molecule has 7 heteroatoms. The lowest BCUT2D eigenvalue weighted by atomic mass is 10.1. The van der Waals surface area contributed by atoms with Crippen molar-refractivity contribution in [3.8, 4) is 37.0 Å². The van der Waals surface area contributed by atoms with Crippen LogP contribution in [0.2, 0.25) is 0 Å². The molecule has 0 aromatic carbocycles. The van der Waals surface area contributed by atoms with Crippen molar-refractivity contribution in [3.63, 3.8) is 0 Å². The van der Waals surface area contributed by atoms with E-state index in [0.29, 0.717) is 58.0 Å². The fraction of sp³-hybridized carbons (Fsp3) is 0.550. The van der Waals surface area contributed by atoms with Gasteiger partial charge in [-0.25, -0.2) is 0 Å². The summed E-state index contributed by atoms with van der Waals surface area (Å²) >= 11 is 0. The largest absolute Gasteiger partial charge is 0.356 e. The van der Waals surface area contributed by atoms with Gasteiger partial charge in [0.2, 0.25) is 17.7 Å². The van der Waals surface area contributed by atoms with Crippen LogP contribution in [0, 0.1) is 37.0 Å². The average Bonchev–Trinajstić information content (AvgIpc) is 2.63. The van der Waals surface area contributed by atoms with Crippen molar-refractivity contribution in [1.82, 2.24) is 16.0 Å². The van der Waals surface area contributed by atoms with Crippen molar-refractivity contribution in [2.24, 2.45) is 0 Å². The Balaban J connectivity index is 0. The van der Waals surface area contributed by atoms with Crippen LogP contribution in [-0.4, -0.2) is 36.9 Å². The summed E-state index contributed by atoms with van der Waals surface area (Å²) in [5, 5.41) is 8.17. The molecule has 0 aromatic rings. The Morgan fingerprint density at radius 2 is 1.37 bits per heavy atom. The summed E-state index contributed by atoms with van der Waals surface area (Å²) in [6.07, 6.45) is 18.9. The van der Waals surface area contributed by atoms with E-state index in [1.54, 1.807) is 0 Å². The molecule has 0 unspecified atom stereocenters. The van der Waals surface area contributed by atoms with Crippen molar-refractivity contribution in [1.29, 1.82) is 0 Å². The van der Waals surface area contributed by atoms with Crippen LogP contribution in [0.1, 0.15) is 51.4 Å². The van der Waals surface area contributed by atoms with Crippen LogP contribution in [0.15, 0.2) is 0 Å². The van der Waals surface area contributed by atoms with Crippen LogP contribution in [0.25, 0.3) is 0 Å². The van der Waals surface area contributed by atoms with E-state index in [0.717, 1.165) is 0 Å². The van der Waals surface area contributed by atoms with E-state index in [1.165, 1.54) is 0 Å². The second-order valence-electron chi connectivity index (χ2n) is 5.62. The second-order valence-corrected chi connectivity index (χ2v) is 5.62. The van der Waals surface area contributed by atoms with Gasteiger partial charge in [-0.15, -0.1) is 37.0 Å². The van der Waals surface area contributed by atoms with Crippen molar-refractivity contribution in [3.05, 3.63) is 0 Å². The average molecular weight is 392 g/mol. The van der Waals surface area contributed by atoms with E-state index in [9.17, 15) is 14.4 Å². The van der Waals surface area contributed by atoms with Crippen LogP contribution < -0.4 is 16.0 Å². The van der Waals surface area contributed by atoms with Gasteiger partial charge in [0, 0.05) is 45.2 Å². The maximum absolute atomic E-state index is 12.2. The molecule has 0 bridgehead atoms. The molecule has 0 saturated heterocycles. The number of nitrogens with one attached hydrogen (secondary N) is 3. The van der Waals surface area contributed by atoms with E-state index in [1.807, 2.05) is 0 Å².